The van der Waals surface area contributed by atoms with Gasteiger partial charge in [-0.05, 0) is 33.6 Å². The summed E-state index contributed by atoms with van der Waals surface area (Å²) in [5, 5.41) is 0. The van der Waals surface area contributed by atoms with Crippen molar-refractivity contribution in [1.29, 1.82) is 0 Å². The monoisotopic (exact) mass is 273 g/mol. The number of carbonyl (C=O) groups is 2. The average Bonchev–Trinajstić information content (AvgIpc) is 2.25. The van der Waals surface area contributed by atoms with E-state index in [-0.39, 0.29) is 6.61 Å². The number of rotatable bonds is 7. The standard InChI is InChI=1S/C13H23NO5/c1-5-6-7-8-17-9-10(14)11(15)18-12(16)19-13(2,3)4/h5,10H,1,6-9,14H2,2-4H3/t10-/m0/s1. The molecule has 0 aromatic rings. The Labute approximate surface area is 113 Å². The van der Waals surface area contributed by atoms with Crippen molar-refractivity contribution >= 4 is 12.1 Å². The number of hydrogen-bond donors (Lipinski definition) is 1. The summed E-state index contributed by atoms with van der Waals surface area (Å²) in [6, 6.07) is -1.00. The maximum Gasteiger partial charge on any atom is 0.516 e. The maximum atomic E-state index is 11.4. The molecular formula is C13H23NO5. The highest BCUT2D eigenvalue weighted by Crippen LogP contribution is 2.08. The molecule has 110 valence electrons. The molecule has 19 heavy (non-hydrogen) atoms. The van der Waals surface area contributed by atoms with Crippen molar-refractivity contribution in [2.45, 2.75) is 45.3 Å². The summed E-state index contributed by atoms with van der Waals surface area (Å²) in [7, 11) is 0. The Balaban J connectivity index is 3.87. The van der Waals surface area contributed by atoms with Crippen LogP contribution < -0.4 is 5.73 Å². The van der Waals surface area contributed by atoms with Crippen molar-refractivity contribution in [3.8, 4) is 0 Å². The Hall–Kier alpha value is -1.40. The van der Waals surface area contributed by atoms with Crippen LogP contribution >= 0.6 is 0 Å². The Kier molecular flexibility index (Phi) is 8.02. The Morgan fingerprint density at radius 2 is 2.00 bits per heavy atom. The third-order valence-electron chi connectivity index (χ3n) is 1.87. The summed E-state index contributed by atoms with van der Waals surface area (Å²) in [6.07, 6.45) is 2.36. The number of ether oxygens (including phenoxy) is 3. The minimum atomic E-state index is -1.06. The number of allylic oxidation sites excluding steroid dienone is 1. The molecule has 6 heteroatoms. The van der Waals surface area contributed by atoms with Crippen LogP contribution in [0.3, 0.4) is 0 Å². The molecule has 0 heterocycles. The molecule has 0 saturated heterocycles. The first-order valence-electron chi connectivity index (χ1n) is 6.15. The van der Waals surface area contributed by atoms with Crippen molar-refractivity contribution in [3.63, 3.8) is 0 Å². The molecule has 0 fully saturated rings. The summed E-state index contributed by atoms with van der Waals surface area (Å²) in [5.41, 5.74) is 4.80. The summed E-state index contributed by atoms with van der Waals surface area (Å²) in [4.78, 5) is 22.6. The molecule has 0 saturated carbocycles. The van der Waals surface area contributed by atoms with E-state index in [2.05, 4.69) is 11.3 Å². The summed E-state index contributed by atoms with van der Waals surface area (Å²) < 4.78 is 14.4. The van der Waals surface area contributed by atoms with Gasteiger partial charge in [0.2, 0.25) is 0 Å². The van der Waals surface area contributed by atoms with Crippen LogP contribution in [-0.4, -0.2) is 37.0 Å². The fourth-order valence-electron chi connectivity index (χ4n) is 1.04. The topological polar surface area (TPSA) is 87.9 Å². The van der Waals surface area contributed by atoms with Crippen molar-refractivity contribution in [3.05, 3.63) is 12.7 Å². The van der Waals surface area contributed by atoms with Crippen LogP contribution in [0.15, 0.2) is 12.7 Å². The van der Waals surface area contributed by atoms with E-state index in [1.165, 1.54) is 0 Å². The predicted molar refractivity (Wildman–Crippen MR) is 70.6 cm³/mol. The molecule has 0 unspecified atom stereocenters. The van der Waals surface area contributed by atoms with Gasteiger partial charge in [0.05, 0.1) is 6.61 Å². The van der Waals surface area contributed by atoms with Crippen molar-refractivity contribution in [2.75, 3.05) is 13.2 Å². The zero-order chi connectivity index (χ0) is 14.9. The first-order chi connectivity index (χ1) is 8.76. The fourth-order valence-corrected chi connectivity index (χ4v) is 1.04. The third kappa shape index (κ3) is 10.2. The van der Waals surface area contributed by atoms with E-state index in [1.807, 2.05) is 0 Å². The normalized spacial score (nSPS) is 12.6. The van der Waals surface area contributed by atoms with Crippen LogP contribution in [0, 0.1) is 0 Å². The van der Waals surface area contributed by atoms with Crippen LogP contribution in [0.4, 0.5) is 4.79 Å². The molecule has 0 aliphatic rings. The smallest absolute Gasteiger partial charge is 0.428 e. The molecule has 0 amide bonds. The molecule has 0 radical (unpaired) electrons. The van der Waals surface area contributed by atoms with Crippen molar-refractivity contribution < 1.29 is 23.8 Å². The van der Waals surface area contributed by atoms with Gasteiger partial charge in [-0.25, -0.2) is 9.59 Å². The molecule has 0 aromatic heterocycles. The molecular weight excluding hydrogens is 250 g/mol. The second-order valence-electron chi connectivity index (χ2n) is 5.00. The summed E-state index contributed by atoms with van der Waals surface area (Å²) in [5.74, 6) is -0.863. The van der Waals surface area contributed by atoms with Gasteiger partial charge in [0, 0.05) is 6.61 Å². The lowest BCUT2D eigenvalue weighted by Crippen LogP contribution is -2.39. The quantitative estimate of drug-likeness (QED) is 0.329. The SMILES string of the molecule is C=CCCCOC[C@H](N)C(=O)OC(=O)OC(C)(C)C. The van der Waals surface area contributed by atoms with Gasteiger partial charge in [0.25, 0.3) is 0 Å². The molecule has 2 N–H and O–H groups in total. The van der Waals surface area contributed by atoms with Crippen molar-refractivity contribution in [2.24, 2.45) is 5.73 Å². The molecule has 0 aliphatic heterocycles. The highest BCUT2D eigenvalue weighted by Gasteiger charge is 2.23. The van der Waals surface area contributed by atoms with E-state index in [0.717, 1.165) is 12.8 Å². The average molecular weight is 273 g/mol. The second kappa shape index (κ2) is 8.66. The highest BCUT2D eigenvalue weighted by molar-refractivity contribution is 5.85. The Bertz CT molecular complexity index is 309. The van der Waals surface area contributed by atoms with Gasteiger partial charge in [-0.3, -0.25) is 0 Å². The zero-order valence-electron chi connectivity index (χ0n) is 11.8. The largest absolute Gasteiger partial charge is 0.516 e. The van der Waals surface area contributed by atoms with Gasteiger partial charge < -0.3 is 19.9 Å². The van der Waals surface area contributed by atoms with Gasteiger partial charge in [0.15, 0.2) is 0 Å². The number of hydrogen-bond acceptors (Lipinski definition) is 6. The lowest BCUT2D eigenvalue weighted by atomic mass is 10.2. The third-order valence-corrected chi connectivity index (χ3v) is 1.87. The van der Waals surface area contributed by atoms with Gasteiger partial charge in [-0.1, -0.05) is 6.08 Å². The highest BCUT2D eigenvalue weighted by atomic mass is 16.7. The Morgan fingerprint density at radius 3 is 2.53 bits per heavy atom. The predicted octanol–water partition coefficient (Wildman–Crippen LogP) is 1.77. The van der Waals surface area contributed by atoms with Crippen molar-refractivity contribution in [1.82, 2.24) is 0 Å². The molecule has 1 atom stereocenters. The summed E-state index contributed by atoms with van der Waals surface area (Å²) in [6.45, 7) is 9.05. The summed E-state index contributed by atoms with van der Waals surface area (Å²) >= 11 is 0. The van der Waals surface area contributed by atoms with E-state index < -0.39 is 23.8 Å². The number of esters is 1. The van der Waals surface area contributed by atoms with Gasteiger partial charge in [-0.2, -0.15) is 0 Å². The molecule has 0 aliphatic carbocycles. The first-order valence-corrected chi connectivity index (χ1v) is 6.15. The van der Waals surface area contributed by atoms with Crippen LogP contribution in [0.1, 0.15) is 33.6 Å². The van der Waals surface area contributed by atoms with E-state index in [9.17, 15) is 9.59 Å². The molecule has 0 spiro atoms. The zero-order valence-corrected chi connectivity index (χ0v) is 11.8. The Morgan fingerprint density at radius 1 is 1.37 bits per heavy atom. The number of nitrogens with two attached hydrogens (primary N) is 1. The first kappa shape index (κ1) is 17.6. The van der Waals surface area contributed by atoms with E-state index in [1.54, 1.807) is 26.8 Å². The van der Waals surface area contributed by atoms with Gasteiger partial charge in [-0.15, -0.1) is 6.58 Å². The lowest BCUT2D eigenvalue weighted by Gasteiger charge is -2.19. The molecule has 6 nitrogen and oxygen atoms in total. The maximum absolute atomic E-state index is 11.4. The lowest BCUT2D eigenvalue weighted by molar-refractivity contribution is -0.144. The molecule has 0 aromatic carbocycles. The molecule has 0 bridgehead atoms. The minimum Gasteiger partial charge on any atom is -0.428 e. The van der Waals surface area contributed by atoms with Crippen LogP contribution in [0.2, 0.25) is 0 Å². The number of carbonyl (C=O) groups excluding carboxylic acids is 2. The van der Waals surface area contributed by atoms with Crippen LogP contribution in [-0.2, 0) is 19.0 Å². The van der Waals surface area contributed by atoms with Crippen LogP contribution in [0.25, 0.3) is 0 Å². The molecule has 0 rings (SSSR count). The number of unbranched alkanes of at least 4 members (excludes halogenated alkanes) is 1. The van der Waals surface area contributed by atoms with E-state index in [0.29, 0.717) is 6.61 Å². The van der Waals surface area contributed by atoms with Gasteiger partial charge in [0.1, 0.15) is 11.6 Å². The van der Waals surface area contributed by atoms with Crippen LogP contribution in [0.5, 0.6) is 0 Å². The van der Waals surface area contributed by atoms with Gasteiger partial charge >= 0.3 is 12.1 Å². The fraction of sp³-hybridized carbons (Fsp3) is 0.692. The second-order valence-corrected chi connectivity index (χ2v) is 5.00. The minimum absolute atomic E-state index is 0.00122. The van der Waals surface area contributed by atoms with E-state index >= 15 is 0 Å². The van der Waals surface area contributed by atoms with E-state index in [4.69, 9.17) is 15.2 Å².